The molecule has 0 heterocycles. The highest BCUT2D eigenvalue weighted by molar-refractivity contribution is 6.30. The highest BCUT2D eigenvalue weighted by atomic mass is 35.5. The first kappa shape index (κ1) is 16.3. The summed E-state index contributed by atoms with van der Waals surface area (Å²) < 4.78 is 0. The molecule has 1 amide bonds. The molecule has 1 unspecified atom stereocenters. The Morgan fingerprint density at radius 3 is 2.43 bits per heavy atom. The number of halogens is 1. The second-order valence-corrected chi connectivity index (χ2v) is 6.53. The lowest BCUT2D eigenvalue weighted by Gasteiger charge is -2.39. The van der Waals surface area contributed by atoms with Crippen molar-refractivity contribution in [3.05, 3.63) is 34.9 Å². The number of hydrogen-bond donors (Lipinski definition) is 2. The third kappa shape index (κ3) is 3.98. The molecule has 0 bridgehead atoms. The van der Waals surface area contributed by atoms with Gasteiger partial charge in [-0.05, 0) is 37.6 Å². The van der Waals surface area contributed by atoms with Crippen molar-refractivity contribution in [3.8, 4) is 0 Å². The van der Waals surface area contributed by atoms with Crippen LogP contribution in [0, 0.1) is 5.92 Å². The zero-order chi connectivity index (χ0) is 15.3. The predicted molar refractivity (Wildman–Crippen MR) is 87.4 cm³/mol. The number of carbonyl (C=O) groups excluding carboxylic acids is 1. The van der Waals surface area contributed by atoms with Crippen LogP contribution in [0.25, 0.3) is 0 Å². The maximum absolute atomic E-state index is 12.5. The average Bonchev–Trinajstić information content (AvgIpc) is 2.49. The molecule has 1 aromatic rings. The molecule has 0 aromatic heterocycles. The van der Waals surface area contributed by atoms with Gasteiger partial charge in [0.05, 0.1) is 5.54 Å². The lowest BCUT2D eigenvalue weighted by Crippen LogP contribution is -2.50. The van der Waals surface area contributed by atoms with Crippen LogP contribution in [0.4, 0.5) is 0 Å². The van der Waals surface area contributed by atoms with Gasteiger partial charge in [-0.3, -0.25) is 4.79 Å². The van der Waals surface area contributed by atoms with Gasteiger partial charge < -0.3 is 10.6 Å². The summed E-state index contributed by atoms with van der Waals surface area (Å²) in [5, 5.41) is 7.13. The van der Waals surface area contributed by atoms with E-state index in [0.717, 1.165) is 30.7 Å². The van der Waals surface area contributed by atoms with E-state index in [1.807, 2.05) is 26.1 Å². The fourth-order valence-corrected chi connectivity index (χ4v) is 3.29. The molecule has 1 aliphatic carbocycles. The molecule has 4 heteroatoms. The molecule has 0 saturated heterocycles. The van der Waals surface area contributed by atoms with Crippen molar-refractivity contribution in [2.45, 2.75) is 44.6 Å². The summed E-state index contributed by atoms with van der Waals surface area (Å²) in [6.07, 6.45) is 5.57. The Balaban J connectivity index is 2.21. The zero-order valence-electron chi connectivity index (χ0n) is 12.9. The van der Waals surface area contributed by atoms with Crippen molar-refractivity contribution >= 4 is 17.5 Å². The first-order valence-electron chi connectivity index (χ1n) is 7.80. The average molecular weight is 309 g/mol. The lowest BCUT2D eigenvalue weighted by molar-refractivity contribution is -0.127. The minimum absolute atomic E-state index is 0.0268. The van der Waals surface area contributed by atoms with E-state index < -0.39 is 0 Å². The first-order chi connectivity index (χ1) is 10.1. The number of amides is 1. The molecule has 2 N–H and O–H groups in total. The molecule has 0 aliphatic heterocycles. The summed E-state index contributed by atoms with van der Waals surface area (Å²) in [5.41, 5.74) is 0.957. The van der Waals surface area contributed by atoms with Crippen molar-refractivity contribution in [1.29, 1.82) is 0 Å². The summed E-state index contributed by atoms with van der Waals surface area (Å²) in [6, 6.07) is 7.93. The third-order valence-electron chi connectivity index (χ3n) is 4.42. The first-order valence-corrected chi connectivity index (χ1v) is 8.18. The van der Waals surface area contributed by atoms with Crippen LogP contribution in [0.1, 0.15) is 44.6 Å². The van der Waals surface area contributed by atoms with Crippen LogP contribution in [0.5, 0.6) is 0 Å². The van der Waals surface area contributed by atoms with Gasteiger partial charge in [0.1, 0.15) is 0 Å². The maximum Gasteiger partial charge on any atom is 0.224 e. The molecule has 21 heavy (non-hydrogen) atoms. The van der Waals surface area contributed by atoms with E-state index >= 15 is 0 Å². The predicted octanol–water partition coefficient (Wildman–Crippen LogP) is 3.47. The zero-order valence-corrected chi connectivity index (χ0v) is 13.7. The molecule has 2 rings (SSSR count). The minimum Gasteiger partial charge on any atom is -0.346 e. The van der Waals surface area contributed by atoms with Crippen LogP contribution >= 0.6 is 11.6 Å². The molecule has 3 nitrogen and oxygen atoms in total. The van der Waals surface area contributed by atoms with Gasteiger partial charge in [-0.25, -0.2) is 0 Å². The van der Waals surface area contributed by atoms with E-state index in [4.69, 9.17) is 11.6 Å². The molecular weight excluding hydrogens is 284 g/mol. The second-order valence-electron chi connectivity index (χ2n) is 6.10. The Bertz CT molecular complexity index is 466. The standard InChI is InChI=1S/C17H25ClN2O/c1-13(12-19-2)16(21)20-17(10-4-3-5-11-17)14-6-8-15(18)9-7-14/h6-9,13,19H,3-5,10-12H2,1-2H3,(H,20,21). The highest BCUT2D eigenvalue weighted by Crippen LogP contribution is 2.37. The molecular formula is C17H25ClN2O. The monoisotopic (exact) mass is 308 g/mol. The number of benzene rings is 1. The highest BCUT2D eigenvalue weighted by Gasteiger charge is 2.36. The Kier molecular flexibility index (Phi) is 5.65. The maximum atomic E-state index is 12.5. The van der Waals surface area contributed by atoms with Gasteiger partial charge in [-0.2, -0.15) is 0 Å². The van der Waals surface area contributed by atoms with Crippen LogP contribution in [0.2, 0.25) is 5.02 Å². The minimum atomic E-state index is -0.220. The summed E-state index contributed by atoms with van der Waals surface area (Å²) in [4.78, 5) is 12.5. The van der Waals surface area contributed by atoms with Gasteiger partial charge in [0.2, 0.25) is 5.91 Å². The lowest BCUT2D eigenvalue weighted by atomic mass is 9.76. The van der Waals surface area contributed by atoms with Crippen LogP contribution < -0.4 is 10.6 Å². The van der Waals surface area contributed by atoms with Crippen molar-refractivity contribution in [3.63, 3.8) is 0 Å². The van der Waals surface area contributed by atoms with Crippen LogP contribution in [-0.4, -0.2) is 19.5 Å². The summed E-state index contributed by atoms with van der Waals surface area (Å²) in [6.45, 7) is 2.66. The molecule has 0 spiro atoms. The summed E-state index contributed by atoms with van der Waals surface area (Å²) >= 11 is 6.00. The molecule has 1 atom stereocenters. The number of hydrogen-bond acceptors (Lipinski definition) is 2. The SMILES string of the molecule is CNCC(C)C(=O)NC1(c2ccc(Cl)cc2)CCCCC1. The largest absolute Gasteiger partial charge is 0.346 e. The van der Waals surface area contributed by atoms with E-state index in [2.05, 4.69) is 22.8 Å². The van der Waals surface area contributed by atoms with Crippen LogP contribution in [0.15, 0.2) is 24.3 Å². The molecule has 1 aromatic carbocycles. The normalized spacial score (nSPS) is 19.0. The molecule has 0 radical (unpaired) electrons. The van der Waals surface area contributed by atoms with Crippen LogP contribution in [-0.2, 0) is 10.3 Å². The number of carbonyl (C=O) groups is 1. The fraction of sp³-hybridized carbons (Fsp3) is 0.588. The van der Waals surface area contributed by atoms with E-state index in [0.29, 0.717) is 6.54 Å². The Morgan fingerprint density at radius 1 is 1.24 bits per heavy atom. The van der Waals surface area contributed by atoms with Gasteiger partial charge in [-0.15, -0.1) is 0 Å². The fourth-order valence-electron chi connectivity index (χ4n) is 3.17. The number of nitrogens with one attached hydrogen (secondary N) is 2. The molecule has 1 saturated carbocycles. The van der Waals surface area contributed by atoms with Crippen LogP contribution in [0.3, 0.4) is 0 Å². The van der Waals surface area contributed by atoms with Crippen molar-refractivity contribution in [2.24, 2.45) is 5.92 Å². The van der Waals surface area contributed by atoms with Gasteiger partial charge in [0, 0.05) is 17.5 Å². The smallest absolute Gasteiger partial charge is 0.224 e. The Hall–Kier alpha value is -1.06. The van der Waals surface area contributed by atoms with Gasteiger partial charge in [0.25, 0.3) is 0 Å². The van der Waals surface area contributed by atoms with E-state index in [9.17, 15) is 4.79 Å². The summed E-state index contributed by atoms with van der Waals surface area (Å²) in [5.74, 6) is 0.0994. The van der Waals surface area contributed by atoms with E-state index in [-0.39, 0.29) is 17.4 Å². The van der Waals surface area contributed by atoms with Crippen molar-refractivity contribution in [2.75, 3.05) is 13.6 Å². The molecule has 1 fully saturated rings. The quantitative estimate of drug-likeness (QED) is 0.874. The summed E-state index contributed by atoms with van der Waals surface area (Å²) in [7, 11) is 1.87. The Morgan fingerprint density at radius 2 is 1.86 bits per heavy atom. The van der Waals surface area contributed by atoms with Gasteiger partial charge >= 0.3 is 0 Å². The van der Waals surface area contributed by atoms with E-state index in [1.54, 1.807) is 0 Å². The van der Waals surface area contributed by atoms with E-state index in [1.165, 1.54) is 12.0 Å². The number of rotatable bonds is 5. The second kappa shape index (κ2) is 7.28. The van der Waals surface area contributed by atoms with Gasteiger partial charge in [0.15, 0.2) is 0 Å². The topological polar surface area (TPSA) is 41.1 Å². The van der Waals surface area contributed by atoms with Crippen molar-refractivity contribution in [1.82, 2.24) is 10.6 Å². The third-order valence-corrected chi connectivity index (χ3v) is 4.68. The van der Waals surface area contributed by atoms with Gasteiger partial charge in [-0.1, -0.05) is 49.9 Å². The van der Waals surface area contributed by atoms with Crippen molar-refractivity contribution < 1.29 is 4.79 Å². The molecule has 1 aliphatic rings. The molecule has 116 valence electrons. The Labute approximate surface area is 132 Å².